The Labute approximate surface area is 353 Å². The van der Waals surface area contributed by atoms with Gasteiger partial charge in [0.05, 0.1) is 39.4 Å². The molecule has 5 aromatic rings. The largest absolute Gasteiger partial charge is 0.425 e. The number of aromatic nitrogens is 1. The number of nitrogens with zero attached hydrogens (tertiary/aromatic N) is 2. The molecule has 5 rings (SSSR count). The van der Waals surface area contributed by atoms with Crippen LogP contribution in [0.15, 0.2) is 117 Å². The van der Waals surface area contributed by atoms with Crippen molar-refractivity contribution in [1.29, 1.82) is 5.26 Å². The molecule has 0 amide bonds. The summed E-state index contributed by atoms with van der Waals surface area (Å²) in [6, 6.07) is 19.4. The van der Waals surface area contributed by atoms with Crippen molar-refractivity contribution < 1.29 is 76.3 Å². The second-order valence-electron chi connectivity index (χ2n) is 11.7. The van der Waals surface area contributed by atoms with E-state index in [4.69, 9.17) is 23.7 Å². The number of thiazole rings is 1. The molecule has 0 bridgehead atoms. The Bertz CT molecular complexity index is 2680. The topological polar surface area (TPSA) is 247 Å². The standard InChI is InChI=1S/C43H28N2O16S/c1-4-33(46)54-21-57-39(49)26-11-13-27(14-12-26)40(50)61-32-18-17-31(36-37(32)62-38(45-36)25-9-7-24(20-44)8-10-25)60-41(51)28-15-16-29(42(52)58-22-55-34(47)5-2)30(19-28)43(53)59-23-56-35(48)6-3/h4-19H,1-3,21-23H2. The Morgan fingerprint density at radius 2 is 1.02 bits per heavy atom. The van der Waals surface area contributed by atoms with Gasteiger partial charge in [0.2, 0.25) is 20.4 Å². The Balaban J connectivity index is 1.44. The number of rotatable bonds is 17. The molecule has 0 atom stereocenters. The summed E-state index contributed by atoms with van der Waals surface area (Å²) in [7, 11) is 0. The molecule has 1 heterocycles. The molecular formula is C43H28N2O16S. The van der Waals surface area contributed by atoms with Crippen molar-refractivity contribution in [2.45, 2.75) is 0 Å². The number of carbonyl (C=O) groups excluding carboxylic acids is 8. The Morgan fingerprint density at radius 1 is 0.548 bits per heavy atom. The SMILES string of the molecule is C=CC(=O)OCOC(=O)c1ccc(C(=O)Oc2ccc(OC(=O)c3ccc(C(=O)OCOC(=O)C=C)c(C(=O)OCOC(=O)C=C)c3)c3nc(-c4ccc(C#N)cc4)sc23)cc1. The van der Waals surface area contributed by atoms with Gasteiger partial charge in [-0.15, -0.1) is 11.3 Å². The quantitative estimate of drug-likeness (QED) is 0.0352. The summed E-state index contributed by atoms with van der Waals surface area (Å²) in [5.41, 5.74) is -0.185. The molecule has 312 valence electrons. The van der Waals surface area contributed by atoms with Gasteiger partial charge in [-0.3, -0.25) is 0 Å². The van der Waals surface area contributed by atoms with Gasteiger partial charge < -0.3 is 37.9 Å². The summed E-state index contributed by atoms with van der Waals surface area (Å²) >= 11 is 1.06. The van der Waals surface area contributed by atoms with E-state index in [-0.39, 0.29) is 38.4 Å². The van der Waals surface area contributed by atoms with Crippen LogP contribution in [-0.2, 0) is 42.8 Å². The van der Waals surface area contributed by atoms with Gasteiger partial charge in [-0.05, 0) is 66.7 Å². The predicted molar refractivity (Wildman–Crippen MR) is 212 cm³/mol. The Morgan fingerprint density at radius 3 is 1.56 bits per heavy atom. The van der Waals surface area contributed by atoms with Gasteiger partial charge in [-0.1, -0.05) is 31.9 Å². The summed E-state index contributed by atoms with van der Waals surface area (Å²) in [6.07, 6.45) is 2.54. The highest BCUT2D eigenvalue weighted by atomic mass is 32.1. The maximum absolute atomic E-state index is 13.7. The van der Waals surface area contributed by atoms with E-state index in [1.165, 1.54) is 36.4 Å². The molecule has 0 saturated heterocycles. The lowest BCUT2D eigenvalue weighted by Gasteiger charge is -2.12. The van der Waals surface area contributed by atoms with Crippen LogP contribution in [0.2, 0.25) is 0 Å². The molecule has 4 aromatic carbocycles. The number of hydrogen-bond donors (Lipinski definition) is 0. The van der Waals surface area contributed by atoms with Gasteiger partial charge in [0.25, 0.3) is 0 Å². The zero-order valence-corrected chi connectivity index (χ0v) is 32.6. The highest BCUT2D eigenvalue weighted by Crippen LogP contribution is 2.41. The summed E-state index contributed by atoms with van der Waals surface area (Å²) in [5, 5.41) is 9.64. The van der Waals surface area contributed by atoms with Crippen LogP contribution >= 0.6 is 11.3 Å². The third kappa shape index (κ3) is 11.2. The molecule has 0 N–H and O–H groups in total. The van der Waals surface area contributed by atoms with Crippen LogP contribution in [0, 0.1) is 11.3 Å². The number of ether oxygens (including phenoxy) is 8. The average molecular weight is 861 g/mol. The molecule has 19 heteroatoms. The lowest BCUT2D eigenvalue weighted by Crippen LogP contribution is -2.19. The lowest BCUT2D eigenvalue weighted by atomic mass is 10.0. The fourth-order valence-electron chi connectivity index (χ4n) is 4.85. The number of nitriles is 1. The smallest absolute Gasteiger partial charge is 0.343 e. The summed E-state index contributed by atoms with van der Waals surface area (Å²) in [6.45, 7) is 7.30. The number of benzene rings is 4. The van der Waals surface area contributed by atoms with Crippen LogP contribution in [-0.4, -0.2) is 73.1 Å². The van der Waals surface area contributed by atoms with Gasteiger partial charge in [0.1, 0.15) is 15.2 Å². The zero-order chi connectivity index (χ0) is 44.8. The maximum Gasteiger partial charge on any atom is 0.343 e. The molecule has 0 fully saturated rings. The van der Waals surface area contributed by atoms with Crippen LogP contribution in [0.4, 0.5) is 0 Å². The van der Waals surface area contributed by atoms with E-state index in [1.807, 2.05) is 6.07 Å². The van der Waals surface area contributed by atoms with E-state index in [9.17, 15) is 43.6 Å². The van der Waals surface area contributed by atoms with Gasteiger partial charge in [-0.2, -0.15) is 5.26 Å². The maximum atomic E-state index is 13.7. The number of fused-ring (bicyclic) bond motifs is 1. The average Bonchev–Trinajstić information content (AvgIpc) is 3.75. The fourth-order valence-corrected chi connectivity index (χ4v) is 5.89. The van der Waals surface area contributed by atoms with Crippen LogP contribution in [0.1, 0.15) is 57.4 Å². The van der Waals surface area contributed by atoms with Crippen molar-refractivity contribution in [2.24, 2.45) is 0 Å². The molecule has 0 unspecified atom stereocenters. The molecule has 0 saturated carbocycles. The van der Waals surface area contributed by atoms with Gasteiger partial charge >= 0.3 is 47.8 Å². The molecule has 1 aromatic heterocycles. The first kappa shape index (κ1) is 44.3. The van der Waals surface area contributed by atoms with Crippen molar-refractivity contribution in [1.82, 2.24) is 4.98 Å². The molecule has 18 nitrogen and oxygen atoms in total. The lowest BCUT2D eigenvalue weighted by molar-refractivity contribution is -0.147. The number of carbonyl (C=O) groups is 8. The number of hydrogen-bond acceptors (Lipinski definition) is 19. The van der Waals surface area contributed by atoms with Crippen molar-refractivity contribution in [3.63, 3.8) is 0 Å². The summed E-state index contributed by atoms with van der Waals surface area (Å²) in [4.78, 5) is 104. The van der Waals surface area contributed by atoms with E-state index in [1.54, 1.807) is 24.3 Å². The van der Waals surface area contributed by atoms with Crippen LogP contribution < -0.4 is 9.47 Å². The monoisotopic (exact) mass is 860 g/mol. The second-order valence-corrected chi connectivity index (χ2v) is 12.7. The molecule has 62 heavy (non-hydrogen) atoms. The van der Waals surface area contributed by atoms with Crippen LogP contribution in [0.5, 0.6) is 11.5 Å². The third-order valence-corrected chi connectivity index (χ3v) is 8.98. The van der Waals surface area contributed by atoms with Crippen molar-refractivity contribution in [2.75, 3.05) is 20.4 Å². The van der Waals surface area contributed by atoms with Gasteiger partial charge in [0.15, 0.2) is 11.5 Å². The molecule has 0 aliphatic heterocycles. The zero-order valence-electron chi connectivity index (χ0n) is 31.8. The fraction of sp³-hybridized carbons (Fsp3) is 0.0698. The molecule has 0 spiro atoms. The molecule has 0 aliphatic carbocycles. The minimum absolute atomic E-state index is 0.00136. The van der Waals surface area contributed by atoms with Gasteiger partial charge in [-0.25, -0.2) is 43.3 Å². The molecule has 0 aliphatic rings. The Kier molecular flexibility index (Phi) is 14.9. The van der Waals surface area contributed by atoms with Crippen LogP contribution in [0.25, 0.3) is 20.8 Å². The van der Waals surface area contributed by atoms with Crippen LogP contribution in [0.3, 0.4) is 0 Å². The molecule has 0 radical (unpaired) electrons. The van der Waals surface area contributed by atoms with Crippen molar-refractivity contribution in [3.8, 4) is 28.1 Å². The normalized spacial score (nSPS) is 10.2. The molecular weight excluding hydrogens is 833 g/mol. The van der Waals surface area contributed by atoms with E-state index in [0.29, 0.717) is 16.1 Å². The van der Waals surface area contributed by atoms with E-state index in [2.05, 4.69) is 38.9 Å². The van der Waals surface area contributed by atoms with E-state index >= 15 is 0 Å². The van der Waals surface area contributed by atoms with E-state index < -0.39 is 79.3 Å². The minimum Gasteiger partial charge on any atom is -0.425 e. The first-order valence-electron chi connectivity index (χ1n) is 17.4. The second kappa shape index (κ2) is 20.8. The Hall–Kier alpha value is -8.76. The first-order valence-corrected chi connectivity index (χ1v) is 18.2. The summed E-state index contributed by atoms with van der Waals surface area (Å²) in [5.74, 6) is -7.88. The predicted octanol–water partition coefficient (Wildman–Crippen LogP) is 5.80. The number of esters is 8. The van der Waals surface area contributed by atoms with Crippen molar-refractivity contribution >= 4 is 69.3 Å². The van der Waals surface area contributed by atoms with Gasteiger partial charge in [0, 0.05) is 23.8 Å². The van der Waals surface area contributed by atoms with E-state index in [0.717, 1.165) is 47.8 Å². The minimum atomic E-state index is -1.23. The third-order valence-electron chi connectivity index (χ3n) is 7.86. The summed E-state index contributed by atoms with van der Waals surface area (Å²) < 4.78 is 40.3. The highest BCUT2D eigenvalue weighted by Gasteiger charge is 2.25. The highest BCUT2D eigenvalue weighted by molar-refractivity contribution is 7.22. The van der Waals surface area contributed by atoms with Crippen molar-refractivity contribution in [3.05, 3.63) is 150 Å². The first-order chi connectivity index (χ1) is 29.8.